The minimum Gasteiger partial charge on any atom is -0.147 e. The van der Waals surface area contributed by atoms with Crippen LogP contribution in [0, 0.1) is 0 Å². The first-order valence-corrected chi connectivity index (χ1v) is 3.98. The third-order valence-corrected chi connectivity index (χ3v) is 2.09. The first kappa shape index (κ1) is 8.02. The summed E-state index contributed by atoms with van der Waals surface area (Å²) < 4.78 is 0. The van der Waals surface area contributed by atoms with Gasteiger partial charge in [-0.05, 0) is 26.1 Å². The predicted molar refractivity (Wildman–Crippen MR) is 43.1 cm³/mol. The molecule has 0 radical (unpaired) electrons. The normalized spacial score (nSPS) is 26.4. The molecule has 0 bridgehead atoms. The standard InChI is InChI=1S/C4H3N11/c1-4(10-11-5-1,2-6-12-13-7-2)3-8-14-15-9-3/h1-3H. The van der Waals surface area contributed by atoms with Gasteiger partial charge in [-0.3, -0.25) is 0 Å². The predicted octanol–water partition coefficient (Wildman–Crippen LogP) is 1.50. The van der Waals surface area contributed by atoms with Crippen LogP contribution in [0.3, 0.4) is 0 Å². The van der Waals surface area contributed by atoms with Crippen molar-refractivity contribution >= 4 is 6.21 Å². The highest BCUT2D eigenvalue weighted by Crippen LogP contribution is 2.33. The number of rotatable bonds is 2. The molecule has 3 aliphatic rings. The molecule has 74 valence electrons. The van der Waals surface area contributed by atoms with E-state index in [9.17, 15) is 0 Å². The van der Waals surface area contributed by atoms with Crippen LogP contribution in [0.4, 0.5) is 0 Å². The van der Waals surface area contributed by atoms with Crippen molar-refractivity contribution in [3.05, 3.63) is 0 Å². The molecule has 3 aliphatic heterocycles. The van der Waals surface area contributed by atoms with Crippen molar-refractivity contribution in [3.8, 4) is 0 Å². The quantitative estimate of drug-likeness (QED) is 0.645. The summed E-state index contributed by atoms with van der Waals surface area (Å²) in [6, 6.07) is 0. The monoisotopic (exact) mass is 205 g/mol. The van der Waals surface area contributed by atoms with Crippen molar-refractivity contribution in [2.45, 2.75) is 17.9 Å². The van der Waals surface area contributed by atoms with Gasteiger partial charge in [-0.15, -0.1) is 30.7 Å². The third kappa shape index (κ3) is 1.02. The van der Waals surface area contributed by atoms with E-state index in [-0.39, 0.29) is 0 Å². The van der Waals surface area contributed by atoms with Crippen LogP contribution in [0.15, 0.2) is 56.8 Å². The topological polar surface area (TPSA) is 136 Å². The maximum atomic E-state index is 3.92. The van der Waals surface area contributed by atoms with Crippen molar-refractivity contribution in [1.29, 1.82) is 0 Å². The summed E-state index contributed by atoms with van der Waals surface area (Å²) in [4.78, 5) is 0. The van der Waals surface area contributed by atoms with Gasteiger partial charge in [-0.2, -0.15) is 0 Å². The van der Waals surface area contributed by atoms with Crippen molar-refractivity contribution in [2.75, 3.05) is 0 Å². The Morgan fingerprint density at radius 3 is 1.67 bits per heavy atom. The third-order valence-electron chi connectivity index (χ3n) is 2.09. The fraction of sp³-hybridized carbons (Fsp3) is 0.750. The zero-order valence-electron chi connectivity index (χ0n) is 7.15. The lowest BCUT2D eigenvalue weighted by Crippen LogP contribution is -2.46. The van der Waals surface area contributed by atoms with Gasteiger partial charge < -0.3 is 0 Å². The second-order valence-electron chi connectivity index (χ2n) is 2.89. The van der Waals surface area contributed by atoms with Crippen molar-refractivity contribution < 1.29 is 0 Å². The molecule has 11 heteroatoms. The average molecular weight is 205 g/mol. The molecule has 3 rings (SSSR count). The van der Waals surface area contributed by atoms with Crippen LogP contribution in [0.25, 0.3) is 0 Å². The van der Waals surface area contributed by atoms with E-state index >= 15 is 0 Å². The fourth-order valence-corrected chi connectivity index (χ4v) is 1.32. The number of hydrogen-bond acceptors (Lipinski definition) is 11. The van der Waals surface area contributed by atoms with E-state index < -0.39 is 17.9 Å². The van der Waals surface area contributed by atoms with Crippen LogP contribution < -0.4 is 0 Å². The van der Waals surface area contributed by atoms with Crippen LogP contribution >= 0.6 is 0 Å². The summed E-state index contributed by atoms with van der Waals surface area (Å²) in [5.41, 5.74) is -1.02. The maximum Gasteiger partial charge on any atom is 0.221 e. The molecule has 0 aromatic heterocycles. The Morgan fingerprint density at radius 1 is 0.733 bits per heavy atom. The Morgan fingerprint density at radius 2 is 1.27 bits per heavy atom. The second-order valence-corrected chi connectivity index (χ2v) is 2.89. The summed E-state index contributed by atoms with van der Waals surface area (Å²) in [5.74, 6) is 0. The van der Waals surface area contributed by atoms with Gasteiger partial charge in [0.25, 0.3) is 0 Å². The Bertz CT molecular complexity index is 374. The average Bonchev–Trinajstić information content (AvgIpc) is 3.02. The highest BCUT2D eigenvalue weighted by atomic mass is 15.6. The number of nitrogens with zero attached hydrogens (tertiary/aromatic N) is 11. The molecular weight excluding hydrogens is 202 g/mol. The van der Waals surface area contributed by atoms with Crippen LogP contribution in [-0.4, -0.2) is 24.1 Å². The summed E-state index contributed by atoms with van der Waals surface area (Å²) in [7, 11) is 0. The lowest BCUT2D eigenvalue weighted by molar-refractivity contribution is 0.390. The molecule has 0 fully saturated rings. The van der Waals surface area contributed by atoms with Crippen molar-refractivity contribution in [1.82, 2.24) is 0 Å². The van der Waals surface area contributed by atoms with Gasteiger partial charge in [0, 0.05) is 0 Å². The fourth-order valence-electron chi connectivity index (χ4n) is 1.32. The van der Waals surface area contributed by atoms with Crippen molar-refractivity contribution in [2.24, 2.45) is 56.8 Å². The molecule has 0 amide bonds. The first-order valence-electron chi connectivity index (χ1n) is 3.98. The number of hydrogen-bond donors (Lipinski definition) is 0. The first-order chi connectivity index (χ1) is 7.42. The Balaban J connectivity index is 2.02. The highest BCUT2D eigenvalue weighted by molar-refractivity contribution is 5.74. The Kier molecular flexibility index (Phi) is 1.51. The van der Waals surface area contributed by atoms with E-state index in [1.807, 2.05) is 0 Å². The van der Waals surface area contributed by atoms with Gasteiger partial charge in [-0.25, -0.2) is 0 Å². The van der Waals surface area contributed by atoms with Gasteiger partial charge in [0.1, 0.15) is 0 Å². The van der Waals surface area contributed by atoms with Crippen LogP contribution in [0.1, 0.15) is 0 Å². The molecule has 0 aliphatic carbocycles. The van der Waals surface area contributed by atoms with Crippen LogP contribution in [-0.2, 0) is 0 Å². The van der Waals surface area contributed by atoms with E-state index in [2.05, 4.69) is 56.8 Å². The minimum atomic E-state index is -1.02. The molecule has 0 N–H and O–H groups in total. The van der Waals surface area contributed by atoms with Gasteiger partial charge in [0.15, 0.2) is 0 Å². The van der Waals surface area contributed by atoms with Gasteiger partial charge in [0.2, 0.25) is 17.9 Å². The molecule has 15 heavy (non-hydrogen) atoms. The zero-order chi connectivity index (χ0) is 10.1. The second kappa shape index (κ2) is 2.83. The van der Waals surface area contributed by atoms with Gasteiger partial charge >= 0.3 is 0 Å². The SMILES string of the molecule is C1=NN=NC1(C1N=NN=N1)C1N=NN=N1. The minimum absolute atomic E-state index is 0.659. The van der Waals surface area contributed by atoms with Crippen LogP contribution in [0.2, 0.25) is 0 Å². The lowest BCUT2D eigenvalue weighted by atomic mass is 9.96. The molecule has 0 spiro atoms. The van der Waals surface area contributed by atoms with E-state index in [1.54, 1.807) is 0 Å². The van der Waals surface area contributed by atoms with E-state index in [0.717, 1.165) is 0 Å². The zero-order valence-corrected chi connectivity index (χ0v) is 7.15. The summed E-state index contributed by atoms with van der Waals surface area (Å²) in [6.45, 7) is 0. The Hall–Kier alpha value is -2.33. The van der Waals surface area contributed by atoms with E-state index in [4.69, 9.17) is 0 Å². The van der Waals surface area contributed by atoms with Gasteiger partial charge in [-0.1, -0.05) is 0 Å². The summed E-state index contributed by atoms with van der Waals surface area (Å²) in [6.07, 6.45) is 0.136. The van der Waals surface area contributed by atoms with E-state index in [1.165, 1.54) is 6.21 Å². The molecule has 0 aromatic rings. The largest absolute Gasteiger partial charge is 0.221 e. The molecule has 11 nitrogen and oxygen atoms in total. The molecule has 0 atom stereocenters. The molecule has 0 saturated heterocycles. The smallest absolute Gasteiger partial charge is 0.147 e. The van der Waals surface area contributed by atoms with E-state index in [0.29, 0.717) is 0 Å². The summed E-state index contributed by atoms with van der Waals surface area (Å²) >= 11 is 0. The lowest BCUT2D eigenvalue weighted by Gasteiger charge is -2.21. The maximum absolute atomic E-state index is 3.92. The Labute approximate surface area is 81.9 Å². The molecule has 0 unspecified atom stereocenters. The molecule has 3 heterocycles. The molecule has 0 saturated carbocycles. The van der Waals surface area contributed by atoms with Crippen molar-refractivity contribution in [3.63, 3.8) is 0 Å². The molecule has 0 aromatic carbocycles. The van der Waals surface area contributed by atoms with Crippen LogP contribution in [0.5, 0.6) is 0 Å². The molecular formula is C4H3N11. The highest BCUT2D eigenvalue weighted by Gasteiger charge is 2.52. The summed E-state index contributed by atoms with van der Waals surface area (Å²) in [5, 5.41) is 39.8. The van der Waals surface area contributed by atoms with Gasteiger partial charge in [0.05, 0.1) is 6.21 Å².